The van der Waals surface area contributed by atoms with Crippen molar-refractivity contribution in [3.63, 3.8) is 0 Å². The number of ether oxygens (including phenoxy) is 1. The summed E-state index contributed by atoms with van der Waals surface area (Å²) in [6.45, 7) is -6.50. The van der Waals surface area contributed by atoms with Gasteiger partial charge in [-0.05, 0) is 0 Å². The molecule has 3 unspecified atom stereocenters. The molecular weight excluding hydrogens is 473 g/mol. The van der Waals surface area contributed by atoms with Gasteiger partial charge in [-0.15, -0.1) is 0 Å². The molecule has 0 spiro atoms. The van der Waals surface area contributed by atoms with E-state index in [9.17, 15) is 74.6 Å². The molecule has 0 bridgehead atoms. The highest BCUT2D eigenvalue weighted by atomic mass is 19.4. The Morgan fingerprint density at radius 2 is 1.00 bits per heavy atom. The zero-order valence-corrected chi connectivity index (χ0v) is 12.8. The maximum absolute atomic E-state index is 13.8. The third kappa shape index (κ3) is 6.61. The lowest BCUT2D eigenvalue weighted by molar-refractivity contribution is -0.422. The van der Waals surface area contributed by atoms with Crippen LogP contribution in [0.25, 0.3) is 0 Å². The maximum Gasteiger partial charge on any atom is 0.469 e. The van der Waals surface area contributed by atoms with Crippen molar-refractivity contribution >= 4 is 0 Å². The highest BCUT2D eigenvalue weighted by molar-refractivity contribution is 4.96. The Bertz CT molecular complexity index is 518. The van der Waals surface area contributed by atoms with Gasteiger partial charge in [0.05, 0.1) is 6.61 Å². The highest BCUT2D eigenvalue weighted by Crippen LogP contribution is 2.46. The molecule has 0 aliphatic carbocycles. The molecule has 0 saturated heterocycles. The van der Waals surface area contributed by atoms with Crippen LogP contribution in [0, 0.1) is 0 Å². The Morgan fingerprint density at radius 3 is 1.28 bits per heavy atom. The summed E-state index contributed by atoms with van der Waals surface area (Å²) in [5.74, 6) is -5.75. The van der Waals surface area contributed by atoms with Crippen molar-refractivity contribution in [2.45, 2.75) is 49.0 Å². The smallest absolute Gasteiger partial charge is 0.371 e. The molecule has 0 aliphatic heterocycles. The summed E-state index contributed by atoms with van der Waals surface area (Å²) in [6, 6.07) is 0. The average Bonchev–Trinajstić information content (AvgIpc) is 2.40. The lowest BCUT2D eigenvalue weighted by atomic mass is 10.0. The normalized spacial score (nSPS) is 19.2. The molecule has 0 N–H and O–H groups in total. The van der Waals surface area contributed by atoms with Crippen LogP contribution in [0.2, 0.25) is 0 Å². The van der Waals surface area contributed by atoms with Gasteiger partial charge in [-0.25, -0.2) is 22.0 Å². The number of rotatable bonds is 7. The van der Waals surface area contributed by atoms with Gasteiger partial charge in [0.2, 0.25) is 6.30 Å². The Morgan fingerprint density at radius 1 is 0.621 bits per heavy atom. The van der Waals surface area contributed by atoms with E-state index in [4.69, 9.17) is 0 Å². The lowest BCUT2D eigenvalue weighted by Crippen LogP contribution is -2.65. The van der Waals surface area contributed by atoms with Gasteiger partial charge in [0.15, 0.2) is 0 Å². The second-order valence-corrected chi connectivity index (χ2v) is 5.16. The first kappa shape index (κ1) is 27.7. The Hall–Kier alpha value is -1.27. The van der Waals surface area contributed by atoms with Crippen LogP contribution < -0.4 is 0 Å². The van der Waals surface area contributed by atoms with Gasteiger partial charge in [0, 0.05) is 0 Å². The zero-order valence-electron chi connectivity index (χ0n) is 12.8. The quantitative estimate of drug-likeness (QED) is 0.356. The predicted octanol–water partition coefficient (Wildman–Crippen LogP) is 5.45. The van der Waals surface area contributed by atoms with Crippen LogP contribution in [0.3, 0.4) is 0 Å². The summed E-state index contributed by atoms with van der Waals surface area (Å²) in [4.78, 5) is -3.51. The molecule has 0 heterocycles. The number of hydrogen-bond donors (Lipinski definition) is 0. The molecule has 0 saturated carbocycles. The van der Waals surface area contributed by atoms with E-state index >= 15 is 0 Å². The number of alkyl halides is 17. The second-order valence-electron chi connectivity index (χ2n) is 5.16. The Labute approximate surface area is 148 Å². The molecule has 0 aromatic rings. The van der Waals surface area contributed by atoms with Crippen LogP contribution in [-0.2, 0) is 4.74 Å². The van der Waals surface area contributed by atoms with Gasteiger partial charge < -0.3 is 4.74 Å². The van der Waals surface area contributed by atoms with Crippen LogP contribution in [0.5, 0.6) is 0 Å². The molecular formula is C10H6F17NO. The first-order valence-electron chi connectivity index (χ1n) is 6.38. The Balaban J connectivity index is 5.77. The Kier molecular flexibility index (Phi) is 7.75. The van der Waals surface area contributed by atoms with Crippen LogP contribution in [0.15, 0.2) is 0 Å². The summed E-state index contributed by atoms with van der Waals surface area (Å²) >= 11 is 0. The molecule has 0 radical (unpaired) electrons. The summed E-state index contributed by atoms with van der Waals surface area (Å²) < 4.78 is 215. The first-order chi connectivity index (χ1) is 12.4. The fourth-order valence-corrected chi connectivity index (χ4v) is 1.54. The molecule has 0 aromatic heterocycles. The van der Waals surface area contributed by atoms with Crippen molar-refractivity contribution in [2.24, 2.45) is 0 Å². The average molecular weight is 479 g/mol. The second kappa shape index (κ2) is 8.10. The third-order valence-corrected chi connectivity index (χ3v) is 2.89. The van der Waals surface area contributed by atoms with Crippen LogP contribution >= 0.6 is 0 Å². The van der Waals surface area contributed by atoms with E-state index in [1.165, 1.54) is 0 Å². The molecule has 0 aliphatic rings. The lowest BCUT2D eigenvalue weighted by Gasteiger charge is -2.38. The van der Waals surface area contributed by atoms with Crippen molar-refractivity contribution in [1.29, 1.82) is 0 Å². The van der Waals surface area contributed by atoms with Crippen molar-refractivity contribution in [3.8, 4) is 0 Å². The maximum atomic E-state index is 13.8. The fourth-order valence-electron chi connectivity index (χ4n) is 1.54. The van der Waals surface area contributed by atoms with E-state index in [1.807, 2.05) is 0 Å². The van der Waals surface area contributed by atoms with E-state index in [2.05, 4.69) is 4.74 Å². The predicted molar refractivity (Wildman–Crippen MR) is 55.5 cm³/mol. The number of nitrogens with zero attached hydrogens (tertiary/aromatic N) is 1. The molecule has 0 amide bonds. The molecule has 0 rings (SSSR count). The van der Waals surface area contributed by atoms with Crippen LogP contribution in [-0.4, -0.2) is 67.1 Å². The van der Waals surface area contributed by atoms with Gasteiger partial charge in [-0.2, -0.15) is 52.7 Å². The number of halogens is 17. The molecule has 3 atom stereocenters. The topological polar surface area (TPSA) is 12.5 Å². The van der Waals surface area contributed by atoms with Crippen molar-refractivity contribution in [1.82, 2.24) is 4.90 Å². The van der Waals surface area contributed by atoms with E-state index in [0.717, 1.165) is 0 Å². The third-order valence-electron chi connectivity index (χ3n) is 2.89. The van der Waals surface area contributed by atoms with Gasteiger partial charge in [0.1, 0.15) is 6.61 Å². The van der Waals surface area contributed by atoms with E-state index in [-0.39, 0.29) is 0 Å². The minimum absolute atomic E-state index is 3.02. The van der Waals surface area contributed by atoms with Gasteiger partial charge in [-0.3, -0.25) is 0 Å². The van der Waals surface area contributed by atoms with Crippen molar-refractivity contribution in [2.75, 3.05) is 13.2 Å². The van der Waals surface area contributed by atoms with Crippen LogP contribution in [0.4, 0.5) is 74.6 Å². The van der Waals surface area contributed by atoms with Crippen LogP contribution in [0.1, 0.15) is 0 Å². The minimum atomic E-state index is -7.01. The summed E-state index contributed by atoms with van der Waals surface area (Å²) in [5.41, 5.74) is -6.32. The molecule has 0 fully saturated rings. The molecule has 19 heteroatoms. The van der Waals surface area contributed by atoms with E-state index in [0.29, 0.717) is 0 Å². The van der Waals surface area contributed by atoms with Gasteiger partial charge >= 0.3 is 30.9 Å². The monoisotopic (exact) mass is 479 g/mol. The molecule has 29 heavy (non-hydrogen) atoms. The molecule has 0 aromatic carbocycles. The zero-order chi connectivity index (χ0) is 23.9. The number of hydrogen-bond acceptors (Lipinski definition) is 2. The minimum Gasteiger partial charge on any atom is -0.371 e. The van der Waals surface area contributed by atoms with Crippen molar-refractivity contribution in [3.05, 3.63) is 0 Å². The summed E-state index contributed by atoms with van der Waals surface area (Å²) in [5, 5.41) is 0. The van der Waals surface area contributed by atoms with Gasteiger partial charge in [-0.1, -0.05) is 4.90 Å². The molecule has 176 valence electrons. The first-order valence-corrected chi connectivity index (χ1v) is 6.38. The molecule has 2 nitrogen and oxygen atoms in total. The van der Waals surface area contributed by atoms with E-state index < -0.39 is 67.1 Å². The fraction of sp³-hybridized carbons (Fsp3) is 1.00. The summed E-state index contributed by atoms with van der Waals surface area (Å²) in [7, 11) is 0. The summed E-state index contributed by atoms with van der Waals surface area (Å²) in [6.07, 6.45) is -38.2. The van der Waals surface area contributed by atoms with Gasteiger partial charge in [0.25, 0.3) is 11.8 Å². The highest BCUT2D eigenvalue weighted by Gasteiger charge is 2.71. The SMILES string of the molecule is FC(C(F)(F)F)C(F)(F)COCC(F)(C(F)N(C(F)(F)F)C(F)(F)F)C(F)(F)F. The standard InChI is InChI=1S/C10H6F17NO/c11-3(7(16,17)18)6(14,15)2-29-1-5(13,8(19,20)21)4(12)28(9(22,23)24)10(25,26)27/h3-4H,1-2H2. The largest absolute Gasteiger partial charge is 0.469 e. The van der Waals surface area contributed by atoms with E-state index in [1.54, 1.807) is 0 Å². The van der Waals surface area contributed by atoms with Crippen molar-refractivity contribution < 1.29 is 79.4 Å².